The van der Waals surface area contributed by atoms with Gasteiger partial charge in [0.25, 0.3) is 0 Å². The Morgan fingerprint density at radius 1 is 1.56 bits per heavy atom. The van der Waals surface area contributed by atoms with Crippen molar-refractivity contribution < 1.29 is 9.53 Å². The van der Waals surface area contributed by atoms with Gasteiger partial charge in [0.05, 0.1) is 13.0 Å². The van der Waals surface area contributed by atoms with E-state index in [-0.39, 0.29) is 5.91 Å². The maximum absolute atomic E-state index is 11.9. The van der Waals surface area contributed by atoms with Crippen LogP contribution < -0.4 is 4.74 Å². The van der Waals surface area contributed by atoms with Crippen molar-refractivity contribution in [1.29, 1.82) is 0 Å². The molecule has 0 bridgehead atoms. The van der Waals surface area contributed by atoms with Gasteiger partial charge in [0.2, 0.25) is 5.91 Å². The molecule has 0 saturated carbocycles. The third-order valence-electron chi connectivity index (χ3n) is 3.06. The predicted octanol–water partition coefficient (Wildman–Crippen LogP) is 2.76. The van der Waals surface area contributed by atoms with E-state index in [1.54, 1.807) is 0 Å². The molecular formula is C14H18BrNO2. The Kier molecular flexibility index (Phi) is 4.64. The molecule has 0 aliphatic carbocycles. The number of halogens is 1. The molecule has 1 heterocycles. The average Bonchev–Trinajstić information content (AvgIpc) is 2.76. The summed E-state index contributed by atoms with van der Waals surface area (Å²) in [4.78, 5) is 14.2. The van der Waals surface area contributed by atoms with Gasteiger partial charge in [-0.3, -0.25) is 4.79 Å². The summed E-state index contributed by atoms with van der Waals surface area (Å²) >= 11 is 3.53. The van der Waals surface area contributed by atoms with Gasteiger partial charge in [-0.2, -0.15) is 0 Å². The Balaban J connectivity index is 1.73. The lowest BCUT2D eigenvalue weighted by Crippen LogP contribution is -2.29. The molecule has 1 atom stereocenters. The molecule has 2 rings (SSSR count). The number of nitrogens with zero attached hydrogens (tertiary/aromatic N) is 1. The highest BCUT2D eigenvalue weighted by atomic mass is 79.9. The van der Waals surface area contributed by atoms with Crippen molar-refractivity contribution in [2.45, 2.75) is 24.6 Å². The van der Waals surface area contributed by atoms with Crippen molar-refractivity contribution in [3.05, 3.63) is 29.8 Å². The Labute approximate surface area is 116 Å². The van der Waals surface area contributed by atoms with Crippen molar-refractivity contribution in [3.63, 3.8) is 0 Å². The number of carbonyl (C=O) groups is 1. The zero-order valence-electron chi connectivity index (χ0n) is 10.6. The lowest BCUT2D eigenvalue weighted by Gasteiger charge is -2.15. The van der Waals surface area contributed by atoms with E-state index in [9.17, 15) is 4.79 Å². The lowest BCUT2D eigenvalue weighted by molar-refractivity contribution is -0.130. The number of aryl methyl sites for hydroxylation is 1. The zero-order valence-corrected chi connectivity index (χ0v) is 12.1. The fourth-order valence-electron chi connectivity index (χ4n) is 2.06. The summed E-state index contributed by atoms with van der Waals surface area (Å²) in [5, 5.41) is 0. The normalized spacial score (nSPS) is 19.0. The monoisotopic (exact) mass is 311 g/mol. The maximum atomic E-state index is 11.9. The second-order valence-electron chi connectivity index (χ2n) is 4.64. The molecular weight excluding hydrogens is 294 g/mol. The molecule has 1 aromatic rings. The molecule has 3 nitrogen and oxygen atoms in total. The summed E-state index contributed by atoms with van der Waals surface area (Å²) in [6, 6.07) is 7.89. The molecule has 0 aromatic heterocycles. The van der Waals surface area contributed by atoms with Gasteiger partial charge in [-0.05, 0) is 31.0 Å². The van der Waals surface area contributed by atoms with E-state index in [1.165, 1.54) is 5.56 Å². The van der Waals surface area contributed by atoms with Crippen LogP contribution in [0, 0.1) is 6.92 Å². The third-order valence-corrected chi connectivity index (χ3v) is 3.81. The third kappa shape index (κ3) is 3.73. The molecule has 98 valence electrons. The largest absolute Gasteiger partial charge is 0.493 e. The van der Waals surface area contributed by atoms with Crippen LogP contribution in [0.5, 0.6) is 5.75 Å². The standard InChI is InChI=1S/C14H18BrNO2/c1-11-3-2-4-13(9-11)18-8-6-14(17)16-7-5-12(15)10-16/h2-4,9,12H,5-8,10H2,1H3. The van der Waals surface area contributed by atoms with Crippen molar-refractivity contribution in [2.75, 3.05) is 19.7 Å². The predicted molar refractivity (Wildman–Crippen MR) is 75.2 cm³/mol. The van der Waals surface area contributed by atoms with Gasteiger partial charge in [-0.25, -0.2) is 0 Å². The molecule has 4 heteroatoms. The van der Waals surface area contributed by atoms with Crippen LogP contribution in [0.25, 0.3) is 0 Å². The number of carbonyl (C=O) groups excluding carboxylic acids is 1. The number of ether oxygens (including phenoxy) is 1. The number of likely N-dealkylation sites (tertiary alicyclic amines) is 1. The molecule has 0 N–H and O–H groups in total. The van der Waals surface area contributed by atoms with Crippen molar-refractivity contribution in [2.24, 2.45) is 0 Å². The first-order valence-electron chi connectivity index (χ1n) is 6.26. The number of alkyl halides is 1. The first-order valence-corrected chi connectivity index (χ1v) is 7.18. The van der Waals surface area contributed by atoms with Gasteiger partial charge in [-0.15, -0.1) is 0 Å². The van der Waals surface area contributed by atoms with E-state index >= 15 is 0 Å². The van der Waals surface area contributed by atoms with Crippen molar-refractivity contribution in [1.82, 2.24) is 4.90 Å². The second-order valence-corrected chi connectivity index (χ2v) is 5.94. The van der Waals surface area contributed by atoms with Gasteiger partial charge in [-0.1, -0.05) is 28.1 Å². The second kappa shape index (κ2) is 6.23. The first-order chi connectivity index (χ1) is 8.65. The summed E-state index contributed by atoms with van der Waals surface area (Å²) in [5.41, 5.74) is 1.17. The fraction of sp³-hybridized carbons (Fsp3) is 0.500. The number of benzene rings is 1. The van der Waals surface area contributed by atoms with E-state index in [0.717, 1.165) is 25.3 Å². The summed E-state index contributed by atoms with van der Waals surface area (Å²) in [6.07, 6.45) is 1.50. The summed E-state index contributed by atoms with van der Waals surface area (Å²) < 4.78 is 5.58. The van der Waals surface area contributed by atoms with E-state index in [1.807, 2.05) is 36.1 Å². The van der Waals surface area contributed by atoms with E-state index in [2.05, 4.69) is 15.9 Å². The van der Waals surface area contributed by atoms with E-state index in [4.69, 9.17) is 4.74 Å². The van der Waals surface area contributed by atoms with Crippen LogP contribution in [0.1, 0.15) is 18.4 Å². The van der Waals surface area contributed by atoms with Crippen LogP contribution in [0.3, 0.4) is 0 Å². The SMILES string of the molecule is Cc1cccc(OCCC(=O)N2CCC(Br)C2)c1. The minimum atomic E-state index is 0.185. The quantitative estimate of drug-likeness (QED) is 0.800. The highest BCUT2D eigenvalue weighted by Crippen LogP contribution is 2.17. The van der Waals surface area contributed by atoms with Crippen LogP contribution in [-0.4, -0.2) is 35.3 Å². The molecule has 1 fully saturated rings. The topological polar surface area (TPSA) is 29.5 Å². The maximum Gasteiger partial charge on any atom is 0.226 e. The molecule has 1 saturated heterocycles. The van der Waals surface area contributed by atoms with Crippen LogP contribution >= 0.6 is 15.9 Å². The van der Waals surface area contributed by atoms with E-state index < -0.39 is 0 Å². The van der Waals surface area contributed by atoms with E-state index in [0.29, 0.717) is 17.9 Å². The van der Waals surface area contributed by atoms with Crippen molar-refractivity contribution in [3.8, 4) is 5.75 Å². The number of hydrogen-bond acceptors (Lipinski definition) is 2. The van der Waals surface area contributed by atoms with Gasteiger partial charge < -0.3 is 9.64 Å². The Bertz CT molecular complexity index is 422. The van der Waals surface area contributed by atoms with Crippen LogP contribution in [0.4, 0.5) is 0 Å². The Morgan fingerprint density at radius 3 is 3.06 bits per heavy atom. The van der Waals surface area contributed by atoms with Crippen LogP contribution in [0.15, 0.2) is 24.3 Å². The van der Waals surface area contributed by atoms with Gasteiger partial charge in [0.1, 0.15) is 5.75 Å². The Morgan fingerprint density at radius 2 is 2.39 bits per heavy atom. The Hall–Kier alpha value is -1.03. The smallest absolute Gasteiger partial charge is 0.226 e. The minimum Gasteiger partial charge on any atom is -0.493 e. The van der Waals surface area contributed by atoms with Crippen LogP contribution in [-0.2, 0) is 4.79 Å². The van der Waals surface area contributed by atoms with Gasteiger partial charge in [0.15, 0.2) is 0 Å². The highest BCUT2D eigenvalue weighted by Gasteiger charge is 2.23. The summed E-state index contributed by atoms with van der Waals surface area (Å²) in [5.74, 6) is 1.02. The summed E-state index contributed by atoms with van der Waals surface area (Å²) in [6.45, 7) is 4.16. The molecule has 18 heavy (non-hydrogen) atoms. The number of amides is 1. The zero-order chi connectivity index (χ0) is 13.0. The van der Waals surface area contributed by atoms with Crippen molar-refractivity contribution >= 4 is 21.8 Å². The molecule has 0 spiro atoms. The summed E-state index contributed by atoms with van der Waals surface area (Å²) in [7, 11) is 0. The minimum absolute atomic E-state index is 0.185. The number of hydrogen-bond donors (Lipinski definition) is 0. The van der Waals surface area contributed by atoms with Gasteiger partial charge >= 0.3 is 0 Å². The molecule has 1 aliphatic rings. The average molecular weight is 312 g/mol. The van der Waals surface area contributed by atoms with Gasteiger partial charge in [0, 0.05) is 17.9 Å². The fourth-order valence-corrected chi connectivity index (χ4v) is 2.62. The van der Waals surface area contributed by atoms with Crippen LogP contribution in [0.2, 0.25) is 0 Å². The molecule has 1 aliphatic heterocycles. The first kappa shape index (κ1) is 13.4. The molecule has 0 radical (unpaired) electrons. The lowest BCUT2D eigenvalue weighted by atomic mass is 10.2. The molecule has 1 unspecified atom stereocenters. The highest BCUT2D eigenvalue weighted by molar-refractivity contribution is 9.09. The number of rotatable bonds is 4. The molecule has 1 aromatic carbocycles. The molecule has 1 amide bonds.